The zero-order chi connectivity index (χ0) is 23.7. The second-order valence-electron chi connectivity index (χ2n) is 8.60. The highest BCUT2D eigenvalue weighted by molar-refractivity contribution is 6.38. The number of rotatable bonds is 2. The minimum Gasteiger partial charge on any atom is -0.372 e. The van der Waals surface area contributed by atoms with Crippen LogP contribution in [0.1, 0.15) is 36.8 Å². The van der Waals surface area contributed by atoms with E-state index in [1.807, 2.05) is 11.8 Å². The van der Waals surface area contributed by atoms with E-state index in [2.05, 4.69) is 21.1 Å². The number of nitrogens with zero attached hydrogens (tertiary/aromatic N) is 2. The number of benzene rings is 1. The summed E-state index contributed by atoms with van der Waals surface area (Å²) in [6, 6.07) is 0.0870. The number of hydrogen-bond acceptors (Lipinski definition) is 8. The lowest BCUT2D eigenvalue weighted by Crippen LogP contribution is -2.75. The van der Waals surface area contributed by atoms with Crippen molar-refractivity contribution in [2.45, 2.75) is 45.4 Å². The molecule has 5 amide bonds. The molecule has 0 bridgehead atoms. The van der Waals surface area contributed by atoms with Crippen LogP contribution in [0.5, 0.6) is 0 Å². The fraction of sp³-hybridized carbons (Fsp3) is 0.476. The van der Waals surface area contributed by atoms with Gasteiger partial charge in [0.1, 0.15) is 5.02 Å². The second kappa shape index (κ2) is 7.42. The summed E-state index contributed by atoms with van der Waals surface area (Å²) in [5, 5.41) is 11.7. The van der Waals surface area contributed by atoms with Crippen molar-refractivity contribution in [3.05, 3.63) is 22.3 Å². The van der Waals surface area contributed by atoms with Gasteiger partial charge in [0.05, 0.1) is 29.3 Å². The predicted octanol–water partition coefficient (Wildman–Crippen LogP) is 1.12. The number of carbonyl (C=O) groups excluding carboxylic acids is 4. The maximum atomic E-state index is 13.2. The standard InChI is InChI=1S/C21H22ClN5O6/c1-4-23-17(28)13-11-5-10-6-21(18(29)24-20(31)25-19(21)30)16-9(3)32-8(2)7-27(16)14(10)12(22)15(11)33-26-13/h5,8-9,16H,4,6-7H2,1-3H3,(H,23,28)(H2,24,25,29,30,31)/t8-,9+,16-/m1/s1. The molecule has 1 aromatic carbocycles. The van der Waals surface area contributed by atoms with Crippen LogP contribution in [-0.2, 0) is 20.7 Å². The molecule has 2 saturated heterocycles. The van der Waals surface area contributed by atoms with E-state index in [9.17, 15) is 19.2 Å². The lowest BCUT2D eigenvalue weighted by Gasteiger charge is -2.55. The third-order valence-electron chi connectivity index (χ3n) is 6.52. The van der Waals surface area contributed by atoms with Gasteiger partial charge in [-0.3, -0.25) is 25.0 Å². The van der Waals surface area contributed by atoms with Gasteiger partial charge in [-0.25, -0.2) is 4.79 Å². The number of barbiturate groups is 1. The summed E-state index contributed by atoms with van der Waals surface area (Å²) >= 11 is 6.79. The molecule has 3 atom stereocenters. The molecule has 3 aliphatic heterocycles. The van der Waals surface area contributed by atoms with E-state index >= 15 is 0 Å². The number of morpholine rings is 1. The Bertz CT molecular complexity index is 1210. The molecule has 0 aliphatic carbocycles. The molecule has 0 saturated carbocycles. The molecule has 1 spiro atoms. The number of halogens is 1. The summed E-state index contributed by atoms with van der Waals surface area (Å²) in [5.74, 6) is -1.83. The number of amides is 5. The van der Waals surface area contributed by atoms with E-state index in [0.717, 1.165) is 0 Å². The number of carbonyl (C=O) groups is 4. The van der Waals surface area contributed by atoms with Gasteiger partial charge in [-0.15, -0.1) is 0 Å². The Balaban J connectivity index is 1.75. The molecule has 3 N–H and O–H groups in total. The molecular weight excluding hydrogens is 454 g/mol. The number of fused-ring (bicyclic) bond motifs is 5. The van der Waals surface area contributed by atoms with Crippen LogP contribution in [0, 0.1) is 5.41 Å². The normalized spacial score (nSPS) is 26.0. The minimum absolute atomic E-state index is 0.0494. The van der Waals surface area contributed by atoms with Crippen molar-refractivity contribution in [3.63, 3.8) is 0 Å². The molecule has 174 valence electrons. The van der Waals surface area contributed by atoms with Crippen LogP contribution in [0.15, 0.2) is 10.6 Å². The van der Waals surface area contributed by atoms with Gasteiger partial charge >= 0.3 is 6.03 Å². The quantitative estimate of drug-likeness (QED) is 0.548. The molecule has 3 aliphatic rings. The summed E-state index contributed by atoms with van der Waals surface area (Å²) in [6.45, 7) is 6.19. The zero-order valence-corrected chi connectivity index (χ0v) is 18.9. The Morgan fingerprint density at radius 2 is 2.00 bits per heavy atom. The van der Waals surface area contributed by atoms with Crippen molar-refractivity contribution in [1.82, 2.24) is 21.1 Å². The van der Waals surface area contributed by atoms with Crippen molar-refractivity contribution >= 4 is 52.0 Å². The summed E-state index contributed by atoms with van der Waals surface area (Å²) < 4.78 is 11.4. The van der Waals surface area contributed by atoms with Crippen molar-refractivity contribution < 1.29 is 28.4 Å². The number of aromatic nitrogens is 1. The Morgan fingerprint density at radius 1 is 1.30 bits per heavy atom. The maximum Gasteiger partial charge on any atom is 0.328 e. The van der Waals surface area contributed by atoms with Crippen LogP contribution in [0.25, 0.3) is 11.0 Å². The largest absolute Gasteiger partial charge is 0.372 e. The first-order chi connectivity index (χ1) is 15.7. The van der Waals surface area contributed by atoms with Crippen LogP contribution in [0.3, 0.4) is 0 Å². The fourth-order valence-electron chi connectivity index (χ4n) is 5.36. The van der Waals surface area contributed by atoms with E-state index in [4.69, 9.17) is 20.9 Å². The number of ether oxygens (including phenoxy) is 1. The highest BCUT2D eigenvalue weighted by atomic mass is 35.5. The molecule has 0 unspecified atom stereocenters. The zero-order valence-electron chi connectivity index (χ0n) is 18.2. The molecule has 11 nitrogen and oxygen atoms in total. The van der Waals surface area contributed by atoms with Crippen LogP contribution < -0.4 is 20.9 Å². The topological polar surface area (TPSA) is 143 Å². The molecule has 12 heteroatoms. The third-order valence-corrected chi connectivity index (χ3v) is 6.87. The monoisotopic (exact) mass is 475 g/mol. The SMILES string of the molecule is CCNC(=O)c1noc2c(Cl)c3c(cc12)CC1(C(=O)NC(=O)NC1=O)[C@H]1[C@H](C)O[C@H](C)CN31. The van der Waals surface area contributed by atoms with Crippen LogP contribution in [0.2, 0.25) is 5.02 Å². The Labute approximate surface area is 193 Å². The van der Waals surface area contributed by atoms with Crippen molar-refractivity contribution in [1.29, 1.82) is 0 Å². The van der Waals surface area contributed by atoms with Crippen molar-refractivity contribution in [3.8, 4) is 0 Å². The molecular formula is C21H22ClN5O6. The molecule has 1 aromatic heterocycles. The van der Waals surface area contributed by atoms with Gasteiger partial charge in [0.25, 0.3) is 5.91 Å². The maximum absolute atomic E-state index is 13.2. The highest BCUT2D eigenvalue weighted by Crippen LogP contribution is 2.51. The summed E-state index contributed by atoms with van der Waals surface area (Å²) in [6.07, 6.45) is -0.798. The minimum atomic E-state index is -1.64. The number of imide groups is 2. The molecule has 0 radical (unpaired) electrons. The molecule has 5 rings (SSSR count). The Hall–Kier alpha value is -3.18. The Morgan fingerprint density at radius 3 is 2.67 bits per heavy atom. The smallest absolute Gasteiger partial charge is 0.328 e. The summed E-state index contributed by atoms with van der Waals surface area (Å²) in [5.41, 5.74) is -0.174. The van der Waals surface area contributed by atoms with Gasteiger partial charge in [-0.2, -0.15) is 0 Å². The first-order valence-corrected chi connectivity index (χ1v) is 11.0. The van der Waals surface area contributed by atoms with Crippen LogP contribution >= 0.6 is 11.6 Å². The lowest BCUT2D eigenvalue weighted by atomic mass is 9.66. The average Bonchev–Trinajstić information content (AvgIpc) is 3.15. The van der Waals surface area contributed by atoms with E-state index in [1.54, 1.807) is 19.9 Å². The van der Waals surface area contributed by atoms with Gasteiger partial charge in [-0.1, -0.05) is 16.8 Å². The van der Waals surface area contributed by atoms with E-state index in [1.165, 1.54) is 0 Å². The van der Waals surface area contributed by atoms with E-state index in [-0.39, 0.29) is 28.8 Å². The van der Waals surface area contributed by atoms with Crippen LogP contribution in [0.4, 0.5) is 10.5 Å². The molecule has 4 heterocycles. The number of nitrogens with one attached hydrogen (secondary N) is 3. The molecule has 2 fully saturated rings. The predicted molar refractivity (Wildman–Crippen MR) is 116 cm³/mol. The van der Waals surface area contributed by atoms with Gasteiger partial charge in [0, 0.05) is 13.1 Å². The van der Waals surface area contributed by atoms with Gasteiger partial charge in [0.2, 0.25) is 11.8 Å². The number of anilines is 1. The molecule has 33 heavy (non-hydrogen) atoms. The van der Waals surface area contributed by atoms with Gasteiger partial charge in [-0.05, 0) is 38.8 Å². The molecule has 2 aromatic rings. The summed E-state index contributed by atoms with van der Waals surface area (Å²) in [7, 11) is 0. The average molecular weight is 476 g/mol. The first kappa shape index (κ1) is 21.7. The fourth-order valence-corrected chi connectivity index (χ4v) is 5.72. The van der Waals surface area contributed by atoms with Crippen molar-refractivity contribution in [2.75, 3.05) is 18.0 Å². The van der Waals surface area contributed by atoms with E-state index < -0.39 is 41.3 Å². The second-order valence-corrected chi connectivity index (χ2v) is 8.98. The Kier molecular flexibility index (Phi) is 4.87. The van der Waals surface area contributed by atoms with E-state index in [0.29, 0.717) is 29.7 Å². The third kappa shape index (κ3) is 2.95. The number of hydrogen-bond donors (Lipinski definition) is 3. The van der Waals surface area contributed by atoms with Crippen molar-refractivity contribution in [2.24, 2.45) is 5.41 Å². The highest BCUT2D eigenvalue weighted by Gasteiger charge is 2.63. The number of urea groups is 1. The van der Waals surface area contributed by atoms with Gasteiger partial charge < -0.3 is 19.5 Å². The summed E-state index contributed by atoms with van der Waals surface area (Å²) in [4.78, 5) is 52.7. The van der Waals surface area contributed by atoms with Crippen LogP contribution in [-0.4, -0.2) is 60.2 Å². The first-order valence-electron chi connectivity index (χ1n) is 10.7. The van der Waals surface area contributed by atoms with Gasteiger partial charge in [0.15, 0.2) is 16.7 Å². The lowest BCUT2D eigenvalue weighted by molar-refractivity contribution is -0.153.